The van der Waals surface area contributed by atoms with Gasteiger partial charge in [0.25, 0.3) is 5.91 Å². The van der Waals surface area contributed by atoms with Crippen molar-refractivity contribution in [1.29, 1.82) is 0 Å². The first-order chi connectivity index (χ1) is 14.0. The topological polar surface area (TPSA) is 119 Å². The van der Waals surface area contributed by atoms with Crippen molar-refractivity contribution in [3.63, 3.8) is 0 Å². The summed E-state index contributed by atoms with van der Waals surface area (Å²) in [6.07, 6.45) is 4.37. The van der Waals surface area contributed by atoms with Crippen molar-refractivity contribution in [2.75, 3.05) is 24.9 Å². The van der Waals surface area contributed by atoms with Crippen LogP contribution >= 0.6 is 11.3 Å². The van der Waals surface area contributed by atoms with Crippen molar-refractivity contribution in [2.45, 2.75) is 6.42 Å². The Morgan fingerprint density at radius 1 is 1.17 bits per heavy atom. The molecule has 1 aliphatic rings. The molecule has 0 radical (unpaired) electrons. The summed E-state index contributed by atoms with van der Waals surface area (Å²) in [7, 11) is 3.04. The van der Waals surface area contributed by atoms with Gasteiger partial charge in [-0.25, -0.2) is 9.98 Å². The lowest BCUT2D eigenvalue weighted by Crippen LogP contribution is -2.28. The number of hydrogen-bond donors (Lipinski definition) is 2. The van der Waals surface area contributed by atoms with E-state index in [1.807, 2.05) is 0 Å². The van der Waals surface area contributed by atoms with Crippen LogP contribution in [0.4, 0.5) is 10.8 Å². The molecule has 150 valence electrons. The van der Waals surface area contributed by atoms with Crippen molar-refractivity contribution in [2.24, 2.45) is 10.9 Å². The highest BCUT2D eigenvalue weighted by atomic mass is 32.1. The van der Waals surface area contributed by atoms with E-state index < -0.39 is 17.7 Å². The smallest absolute Gasteiger partial charge is 0.262 e. The molecule has 2 heterocycles. The molecular weight excluding hydrogens is 396 g/mol. The van der Waals surface area contributed by atoms with E-state index in [9.17, 15) is 14.4 Å². The summed E-state index contributed by atoms with van der Waals surface area (Å²) < 4.78 is 10.4. The van der Waals surface area contributed by atoms with Crippen LogP contribution in [0.25, 0.3) is 0 Å². The number of aromatic nitrogens is 1. The number of thiazole rings is 1. The molecule has 0 spiro atoms. The third-order valence-corrected chi connectivity index (χ3v) is 4.74. The number of anilines is 2. The van der Waals surface area contributed by atoms with E-state index in [0.29, 0.717) is 28.0 Å². The Kier molecular flexibility index (Phi) is 6.35. The van der Waals surface area contributed by atoms with Gasteiger partial charge in [0.1, 0.15) is 5.92 Å². The van der Waals surface area contributed by atoms with E-state index in [4.69, 9.17) is 9.47 Å². The van der Waals surface area contributed by atoms with Gasteiger partial charge in [-0.3, -0.25) is 14.4 Å². The van der Waals surface area contributed by atoms with Crippen LogP contribution in [0, 0.1) is 5.92 Å². The molecule has 1 atom stereocenters. The maximum absolute atomic E-state index is 12.3. The third kappa shape index (κ3) is 5.05. The monoisotopic (exact) mass is 414 g/mol. The normalized spacial score (nSPS) is 15.1. The Hall–Kier alpha value is -3.53. The average Bonchev–Trinajstić information content (AvgIpc) is 3.14. The fraction of sp³-hybridized carbons (Fsp3) is 0.211. The Morgan fingerprint density at radius 2 is 1.97 bits per heavy atom. The molecule has 0 saturated carbocycles. The first-order valence-corrected chi connectivity index (χ1v) is 9.40. The molecule has 0 bridgehead atoms. The Morgan fingerprint density at radius 3 is 2.69 bits per heavy atom. The van der Waals surface area contributed by atoms with Crippen LogP contribution in [-0.4, -0.2) is 43.1 Å². The van der Waals surface area contributed by atoms with E-state index in [1.54, 1.807) is 23.6 Å². The number of benzene rings is 1. The molecule has 3 rings (SSSR count). The SMILES string of the molecule is COc1ccc(NC(=O)Cc2csc(NC(=O)C3C=CC=NC3=O)n2)cc1OC. The number of rotatable bonds is 7. The number of dihydropyridines is 1. The van der Waals surface area contributed by atoms with Crippen LogP contribution in [0.15, 0.2) is 40.7 Å². The minimum absolute atomic E-state index is 0.0211. The van der Waals surface area contributed by atoms with Gasteiger partial charge in [0.05, 0.1) is 26.3 Å². The number of hydrogen-bond acceptors (Lipinski definition) is 7. The van der Waals surface area contributed by atoms with E-state index in [1.165, 1.54) is 43.9 Å². The lowest BCUT2D eigenvalue weighted by Gasteiger charge is -2.10. The molecule has 0 saturated heterocycles. The predicted molar refractivity (Wildman–Crippen MR) is 109 cm³/mol. The third-order valence-electron chi connectivity index (χ3n) is 3.93. The van der Waals surface area contributed by atoms with Crippen LogP contribution < -0.4 is 20.1 Å². The lowest BCUT2D eigenvalue weighted by atomic mass is 10.1. The second kappa shape index (κ2) is 9.11. The van der Waals surface area contributed by atoms with E-state index in [-0.39, 0.29) is 12.3 Å². The van der Waals surface area contributed by atoms with Crippen molar-refractivity contribution in [3.05, 3.63) is 41.4 Å². The summed E-state index contributed by atoms with van der Waals surface area (Å²) in [6.45, 7) is 0. The maximum atomic E-state index is 12.3. The molecular formula is C19H18N4O5S. The highest BCUT2D eigenvalue weighted by Gasteiger charge is 2.25. The zero-order valence-electron chi connectivity index (χ0n) is 15.7. The molecule has 1 aromatic carbocycles. The fourth-order valence-electron chi connectivity index (χ4n) is 2.55. The summed E-state index contributed by atoms with van der Waals surface area (Å²) in [6, 6.07) is 5.04. The number of aliphatic imine (C=N–C) groups is 1. The van der Waals surface area contributed by atoms with Gasteiger partial charge in [-0.15, -0.1) is 11.3 Å². The number of carbonyl (C=O) groups excluding carboxylic acids is 3. The van der Waals surface area contributed by atoms with Crippen molar-refractivity contribution >= 4 is 46.1 Å². The molecule has 9 nitrogen and oxygen atoms in total. The quantitative estimate of drug-likeness (QED) is 0.670. The van der Waals surface area contributed by atoms with Crippen LogP contribution in [-0.2, 0) is 20.8 Å². The highest BCUT2D eigenvalue weighted by molar-refractivity contribution is 7.14. The van der Waals surface area contributed by atoms with E-state index in [2.05, 4.69) is 20.6 Å². The number of nitrogens with one attached hydrogen (secondary N) is 2. The summed E-state index contributed by atoms with van der Waals surface area (Å²) in [5.74, 6) is -1.24. The Bertz CT molecular complexity index is 998. The van der Waals surface area contributed by atoms with Gasteiger partial charge < -0.3 is 20.1 Å². The molecule has 0 aliphatic carbocycles. The minimum atomic E-state index is -0.972. The Labute approximate surface area is 170 Å². The second-order valence-electron chi connectivity index (χ2n) is 5.91. The molecule has 0 fully saturated rings. The van der Waals surface area contributed by atoms with Crippen molar-refractivity contribution < 1.29 is 23.9 Å². The standard InChI is InChI=1S/C19H18N4O5S/c1-27-14-6-5-11(8-15(14)28-2)21-16(24)9-12-10-29-19(22-12)23-18(26)13-4-3-7-20-17(13)25/h3-8,10,13H,9H2,1-2H3,(H,21,24)(H,22,23,26). The van der Waals surface area contributed by atoms with Crippen molar-refractivity contribution in [1.82, 2.24) is 4.98 Å². The van der Waals surface area contributed by atoms with Crippen LogP contribution in [0.5, 0.6) is 11.5 Å². The minimum Gasteiger partial charge on any atom is -0.493 e. The summed E-state index contributed by atoms with van der Waals surface area (Å²) in [5, 5.41) is 7.30. The number of carbonyl (C=O) groups is 3. The zero-order valence-corrected chi connectivity index (χ0v) is 16.5. The molecule has 1 aromatic heterocycles. The molecule has 29 heavy (non-hydrogen) atoms. The van der Waals surface area contributed by atoms with E-state index >= 15 is 0 Å². The molecule has 10 heteroatoms. The van der Waals surface area contributed by atoms with Gasteiger partial charge in [0, 0.05) is 23.3 Å². The fourth-order valence-corrected chi connectivity index (χ4v) is 3.27. The predicted octanol–water partition coefficient (Wildman–Crippen LogP) is 2.06. The summed E-state index contributed by atoms with van der Waals surface area (Å²) in [4.78, 5) is 43.9. The van der Waals surface area contributed by atoms with Crippen LogP contribution in [0.2, 0.25) is 0 Å². The highest BCUT2D eigenvalue weighted by Crippen LogP contribution is 2.29. The molecule has 1 aliphatic heterocycles. The largest absolute Gasteiger partial charge is 0.493 e. The number of nitrogens with zero attached hydrogens (tertiary/aromatic N) is 2. The average molecular weight is 414 g/mol. The summed E-state index contributed by atoms with van der Waals surface area (Å²) >= 11 is 1.17. The first-order valence-electron chi connectivity index (χ1n) is 8.52. The van der Waals surface area contributed by atoms with Crippen molar-refractivity contribution in [3.8, 4) is 11.5 Å². The molecule has 1 unspecified atom stereocenters. The second-order valence-corrected chi connectivity index (χ2v) is 6.77. The lowest BCUT2D eigenvalue weighted by molar-refractivity contribution is -0.128. The maximum Gasteiger partial charge on any atom is 0.262 e. The van der Waals surface area contributed by atoms with Gasteiger partial charge in [0.15, 0.2) is 16.6 Å². The van der Waals surface area contributed by atoms with Gasteiger partial charge in [0.2, 0.25) is 11.8 Å². The first kappa shape index (κ1) is 20.2. The number of amides is 3. The van der Waals surface area contributed by atoms with Gasteiger partial charge in [-0.05, 0) is 18.2 Å². The number of allylic oxidation sites excluding steroid dienone is 1. The molecule has 3 amide bonds. The van der Waals surface area contributed by atoms with Gasteiger partial charge in [-0.1, -0.05) is 6.08 Å². The molecule has 2 N–H and O–H groups in total. The van der Waals surface area contributed by atoms with Crippen LogP contribution in [0.1, 0.15) is 5.69 Å². The van der Waals surface area contributed by atoms with Gasteiger partial charge in [-0.2, -0.15) is 0 Å². The van der Waals surface area contributed by atoms with Gasteiger partial charge >= 0.3 is 0 Å². The summed E-state index contributed by atoms with van der Waals surface area (Å²) in [5.41, 5.74) is 1.05. The van der Waals surface area contributed by atoms with Crippen LogP contribution in [0.3, 0.4) is 0 Å². The Balaban J connectivity index is 1.57. The van der Waals surface area contributed by atoms with E-state index in [0.717, 1.165) is 0 Å². The molecule has 2 aromatic rings. The zero-order chi connectivity index (χ0) is 20.8. The number of methoxy groups -OCH3 is 2. The number of ether oxygens (including phenoxy) is 2.